The maximum atomic E-state index is 11.4. The molecule has 1 amide bonds. The largest absolute Gasteiger partial charge is 0.493 e. The van der Waals surface area contributed by atoms with E-state index < -0.39 is 0 Å². The molecule has 0 aliphatic carbocycles. The summed E-state index contributed by atoms with van der Waals surface area (Å²) >= 11 is 0. The van der Waals surface area contributed by atoms with Crippen molar-refractivity contribution in [3.8, 4) is 5.75 Å². The van der Waals surface area contributed by atoms with Crippen molar-refractivity contribution in [2.24, 2.45) is 0 Å². The molecule has 3 N–H and O–H groups in total. The van der Waals surface area contributed by atoms with Crippen LogP contribution < -0.4 is 15.8 Å². The number of amides is 1. The fourth-order valence-electron chi connectivity index (χ4n) is 1.44. The first-order valence-corrected chi connectivity index (χ1v) is 5.78. The van der Waals surface area contributed by atoms with Crippen molar-refractivity contribution in [2.45, 2.75) is 33.2 Å². The molecule has 17 heavy (non-hydrogen) atoms. The van der Waals surface area contributed by atoms with Gasteiger partial charge >= 0.3 is 0 Å². The molecule has 0 spiro atoms. The van der Waals surface area contributed by atoms with Crippen LogP contribution in [0.25, 0.3) is 0 Å². The van der Waals surface area contributed by atoms with Crippen molar-refractivity contribution in [1.82, 2.24) is 5.32 Å². The summed E-state index contributed by atoms with van der Waals surface area (Å²) in [6.07, 6.45) is 0.354. The van der Waals surface area contributed by atoms with Crippen molar-refractivity contribution in [3.63, 3.8) is 0 Å². The Morgan fingerprint density at radius 2 is 2.18 bits per heavy atom. The van der Waals surface area contributed by atoms with E-state index in [1.54, 1.807) is 0 Å². The Kier molecular flexibility index (Phi) is 4.82. The molecule has 0 saturated heterocycles. The van der Waals surface area contributed by atoms with E-state index in [2.05, 4.69) is 5.32 Å². The molecule has 1 aromatic rings. The van der Waals surface area contributed by atoms with Gasteiger partial charge in [-0.2, -0.15) is 0 Å². The highest BCUT2D eigenvalue weighted by Crippen LogP contribution is 2.22. The third kappa shape index (κ3) is 4.34. The number of rotatable bonds is 5. The molecule has 1 rings (SSSR count). The van der Waals surface area contributed by atoms with Crippen LogP contribution in [0, 0.1) is 6.92 Å². The summed E-state index contributed by atoms with van der Waals surface area (Å²) < 4.78 is 5.53. The lowest BCUT2D eigenvalue weighted by Crippen LogP contribution is -2.31. The van der Waals surface area contributed by atoms with Gasteiger partial charge in [-0.3, -0.25) is 4.79 Å². The predicted octanol–water partition coefficient (Wildman–Crippen LogP) is 1.87. The molecule has 0 saturated carbocycles. The molecule has 0 bridgehead atoms. The minimum atomic E-state index is 0.00144. The molecule has 0 heterocycles. The maximum absolute atomic E-state index is 11.4. The zero-order valence-corrected chi connectivity index (χ0v) is 10.6. The average Bonchev–Trinajstić information content (AvgIpc) is 2.23. The van der Waals surface area contributed by atoms with Crippen molar-refractivity contribution in [1.29, 1.82) is 0 Å². The molecular formula is C13H20N2O2. The summed E-state index contributed by atoms with van der Waals surface area (Å²) in [5, 5.41) is 2.81. The van der Waals surface area contributed by atoms with Gasteiger partial charge in [0.15, 0.2) is 0 Å². The van der Waals surface area contributed by atoms with Crippen molar-refractivity contribution >= 4 is 11.6 Å². The van der Waals surface area contributed by atoms with Gasteiger partial charge in [-0.25, -0.2) is 0 Å². The van der Waals surface area contributed by atoms with E-state index in [1.807, 2.05) is 39.0 Å². The zero-order valence-electron chi connectivity index (χ0n) is 10.6. The summed E-state index contributed by atoms with van der Waals surface area (Å²) in [5.74, 6) is 0.740. The highest BCUT2D eigenvalue weighted by Gasteiger charge is 2.05. The van der Waals surface area contributed by atoms with Crippen molar-refractivity contribution < 1.29 is 9.53 Å². The van der Waals surface area contributed by atoms with Crippen LogP contribution in [0.4, 0.5) is 5.69 Å². The molecule has 0 unspecified atom stereocenters. The third-order valence-corrected chi connectivity index (χ3v) is 2.36. The number of nitrogens with two attached hydrogens (primary N) is 1. The number of ether oxygens (including phenoxy) is 1. The van der Waals surface area contributed by atoms with Gasteiger partial charge in [-0.15, -0.1) is 0 Å². The lowest BCUT2D eigenvalue weighted by Gasteiger charge is -2.11. The fourth-order valence-corrected chi connectivity index (χ4v) is 1.44. The number of carbonyl (C=O) groups is 1. The molecule has 0 fully saturated rings. The van der Waals surface area contributed by atoms with Crippen LogP contribution >= 0.6 is 0 Å². The van der Waals surface area contributed by atoms with Crippen molar-refractivity contribution in [2.75, 3.05) is 12.3 Å². The monoisotopic (exact) mass is 236 g/mol. The number of hydrogen-bond acceptors (Lipinski definition) is 3. The van der Waals surface area contributed by atoms with Crippen LogP contribution in [0.2, 0.25) is 0 Å². The molecule has 4 heteroatoms. The second kappa shape index (κ2) is 6.13. The van der Waals surface area contributed by atoms with Crippen LogP contribution in [0.3, 0.4) is 0 Å². The van der Waals surface area contributed by atoms with E-state index in [1.165, 1.54) is 0 Å². The quantitative estimate of drug-likeness (QED) is 0.767. The van der Waals surface area contributed by atoms with Gasteiger partial charge in [-0.05, 0) is 32.9 Å². The Morgan fingerprint density at radius 1 is 1.47 bits per heavy atom. The first-order chi connectivity index (χ1) is 8.00. The highest BCUT2D eigenvalue weighted by atomic mass is 16.5. The van der Waals surface area contributed by atoms with E-state index in [9.17, 15) is 4.79 Å². The smallest absolute Gasteiger partial charge is 0.223 e. The summed E-state index contributed by atoms with van der Waals surface area (Å²) in [6.45, 7) is 6.13. The normalized spacial score (nSPS) is 10.4. The van der Waals surface area contributed by atoms with E-state index in [-0.39, 0.29) is 11.9 Å². The van der Waals surface area contributed by atoms with Gasteiger partial charge < -0.3 is 15.8 Å². The number of nitrogen functional groups attached to an aromatic ring is 1. The first-order valence-electron chi connectivity index (χ1n) is 5.78. The second-order valence-electron chi connectivity index (χ2n) is 4.29. The summed E-state index contributed by atoms with van der Waals surface area (Å²) in [4.78, 5) is 11.4. The van der Waals surface area contributed by atoms with Gasteiger partial charge in [0, 0.05) is 17.3 Å². The first kappa shape index (κ1) is 13.4. The van der Waals surface area contributed by atoms with Crippen LogP contribution in [0.1, 0.15) is 25.8 Å². The Morgan fingerprint density at radius 3 is 2.82 bits per heavy atom. The van der Waals surface area contributed by atoms with E-state index in [0.717, 1.165) is 11.3 Å². The molecule has 0 aliphatic rings. The van der Waals surface area contributed by atoms with E-state index in [4.69, 9.17) is 10.5 Å². The molecule has 0 radical (unpaired) electrons. The Hall–Kier alpha value is -1.71. The molecule has 4 nitrogen and oxygen atoms in total. The fraction of sp³-hybridized carbons (Fsp3) is 0.462. The van der Waals surface area contributed by atoms with Gasteiger partial charge in [0.2, 0.25) is 5.91 Å². The third-order valence-electron chi connectivity index (χ3n) is 2.36. The summed E-state index contributed by atoms with van der Waals surface area (Å²) in [7, 11) is 0. The van der Waals surface area contributed by atoms with Gasteiger partial charge in [-0.1, -0.05) is 6.07 Å². The minimum Gasteiger partial charge on any atom is -0.493 e. The number of hydrogen-bond donors (Lipinski definition) is 2. The molecule has 0 aliphatic heterocycles. The molecule has 94 valence electrons. The van der Waals surface area contributed by atoms with Gasteiger partial charge in [0.25, 0.3) is 0 Å². The lowest BCUT2D eigenvalue weighted by atomic mass is 10.2. The van der Waals surface area contributed by atoms with E-state index in [0.29, 0.717) is 18.7 Å². The SMILES string of the molecule is Cc1c(N)cccc1OCCC(=O)NC(C)C. The molecule has 1 aromatic carbocycles. The van der Waals surface area contributed by atoms with Crippen molar-refractivity contribution in [3.05, 3.63) is 23.8 Å². The molecule has 0 atom stereocenters. The number of nitrogens with one attached hydrogen (secondary N) is 1. The van der Waals surface area contributed by atoms with E-state index >= 15 is 0 Å². The topological polar surface area (TPSA) is 64.3 Å². The lowest BCUT2D eigenvalue weighted by molar-refractivity contribution is -0.122. The Balaban J connectivity index is 2.41. The number of carbonyl (C=O) groups excluding carboxylic acids is 1. The highest BCUT2D eigenvalue weighted by molar-refractivity contribution is 5.76. The Bertz CT molecular complexity index is 389. The van der Waals surface area contributed by atoms with Crippen LogP contribution in [0.5, 0.6) is 5.75 Å². The minimum absolute atomic E-state index is 0.00144. The van der Waals surface area contributed by atoms with Crippen LogP contribution in [-0.2, 0) is 4.79 Å². The van der Waals surface area contributed by atoms with Crippen LogP contribution in [0.15, 0.2) is 18.2 Å². The zero-order chi connectivity index (χ0) is 12.8. The number of benzene rings is 1. The van der Waals surface area contributed by atoms with Gasteiger partial charge in [0.05, 0.1) is 13.0 Å². The summed E-state index contributed by atoms with van der Waals surface area (Å²) in [5.41, 5.74) is 7.38. The molecule has 0 aromatic heterocycles. The number of anilines is 1. The maximum Gasteiger partial charge on any atom is 0.223 e. The molecular weight excluding hydrogens is 216 g/mol. The van der Waals surface area contributed by atoms with Crippen LogP contribution in [-0.4, -0.2) is 18.6 Å². The Labute approximate surface area is 102 Å². The van der Waals surface area contributed by atoms with Gasteiger partial charge in [0.1, 0.15) is 5.75 Å². The standard InChI is InChI=1S/C13H20N2O2/c1-9(2)15-13(16)7-8-17-12-6-4-5-11(14)10(12)3/h4-6,9H,7-8,14H2,1-3H3,(H,15,16). The predicted molar refractivity (Wildman–Crippen MR) is 69.0 cm³/mol. The summed E-state index contributed by atoms with van der Waals surface area (Å²) in [6, 6.07) is 5.68. The average molecular weight is 236 g/mol. The second-order valence-corrected chi connectivity index (χ2v) is 4.29.